The Morgan fingerprint density at radius 3 is 2.88 bits per heavy atom. The van der Waals surface area contributed by atoms with Gasteiger partial charge in [0, 0.05) is 25.0 Å². The molecular formula is C12H18N4O. The van der Waals surface area contributed by atoms with Crippen molar-refractivity contribution in [3.63, 3.8) is 0 Å². The number of hydrogen-bond acceptors (Lipinski definition) is 4. The van der Waals surface area contributed by atoms with Gasteiger partial charge in [-0.2, -0.15) is 0 Å². The molecule has 0 aromatic carbocycles. The van der Waals surface area contributed by atoms with E-state index in [1.165, 1.54) is 0 Å². The molecule has 1 aromatic rings. The Labute approximate surface area is 100 Å². The quantitative estimate of drug-likeness (QED) is 0.787. The van der Waals surface area contributed by atoms with E-state index in [9.17, 15) is 4.79 Å². The summed E-state index contributed by atoms with van der Waals surface area (Å²) < 4.78 is 1.79. The SMILES string of the molecule is NCC1(CNc2nccn(C3CC3)c2=O)CC1. The molecule has 0 saturated heterocycles. The van der Waals surface area contributed by atoms with Crippen molar-refractivity contribution in [2.45, 2.75) is 31.7 Å². The van der Waals surface area contributed by atoms with Gasteiger partial charge in [0.05, 0.1) is 0 Å². The second-order valence-electron chi connectivity index (χ2n) is 5.28. The first-order valence-electron chi connectivity index (χ1n) is 6.25. The van der Waals surface area contributed by atoms with Crippen molar-refractivity contribution < 1.29 is 0 Å². The minimum absolute atomic E-state index is 0.00261. The summed E-state index contributed by atoms with van der Waals surface area (Å²) in [7, 11) is 0. The lowest BCUT2D eigenvalue weighted by atomic mass is 10.1. The normalized spacial score (nSPS) is 21.2. The molecule has 0 bridgehead atoms. The van der Waals surface area contributed by atoms with Crippen LogP contribution in [0.15, 0.2) is 17.2 Å². The monoisotopic (exact) mass is 234 g/mol. The standard InChI is InChI=1S/C12H18N4O/c13-7-12(3-4-12)8-15-10-11(17)16(6-5-14-10)9-1-2-9/h5-6,9H,1-4,7-8,13H2,(H,14,15). The maximum Gasteiger partial charge on any atom is 0.293 e. The molecule has 0 atom stereocenters. The van der Waals surface area contributed by atoms with Crippen LogP contribution in [0.25, 0.3) is 0 Å². The number of aromatic nitrogens is 2. The summed E-state index contributed by atoms with van der Waals surface area (Å²) in [6.45, 7) is 1.45. The molecule has 2 saturated carbocycles. The number of rotatable bonds is 5. The zero-order valence-electron chi connectivity index (χ0n) is 9.85. The summed E-state index contributed by atoms with van der Waals surface area (Å²) in [5.41, 5.74) is 5.93. The number of nitrogens with zero attached hydrogens (tertiary/aromatic N) is 2. The topological polar surface area (TPSA) is 72.9 Å². The molecule has 1 aromatic heterocycles. The van der Waals surface area contributed by atoms with E-state index in [0.717, 1.165) is 32.2 Å². The van der Waals surface area contributed by atoms with E-state index in [1.54, 1.807) is 17.0 Å². The summed E-state index contributed by atoms with van der Waals surface area (Å²) >= 11 is 0. The van der Waals surface area contributed by atoms with E-state index in [0.29, 0.717) is 18.4 Å². The van der Waals surface area contributed by atoms with Gasteiger partial charge in [-0.3, -0.25) is 4.79 Å². The van der Waals surface area contributed by atoms with Crippen LogP contribution in [0.2, 0.25) is 0 Å². The van der Waals surface area contributed by atoms with Gasteiger partial charge in [0.2, 0.25) is 0 Å². The smallest absolute Gasteiger partial charge is 0.293 e. The number of anilines is 1. The van der Waals surface area contributed by atoms with Crippen LogP contribution in [0.1, 0.15) is 31.7 Å². The highest BCUT2D eigenvalue weighted by Gasteiger charge is 2.41. The molecule has 2 fully saturated rings. The van der Waals surface area contributed by atoms with Gasteiger partial charge in [-0.25, -0.2) is 4.98 Å². The van der Waals surface area contributed by atoms with Gasteiger partial charge >= 0.3 is 0 Å². The van der Waals surface area contributed by atoms with E-state index >= 15 is 0 Å². The van der Waals surface area contributed by atoms with Gasteiger partial charge in [-0.1, -0.05) is 0 Å². The molecular weight excluding hydrogens is 216 g/mol. The Morgan fingerprint density at radius 2 is 2.29 bits per heavy atom. The van der Waals surface area contributed by atoms with Crippen LogP contribution in [0.5, 0.6) is 0 Å². The third-order valence-electron chi connectivity index (χ3n) is 3.83. The summed E-state index contributed by atoms with van der Waals surface area (Å²) in [5.74, 6) is 0.471. The van der Waals surface area contributed by atoms with E-state index in [2.05, 4.69) is 10.3 Å². The molecule has 3 N–H and O–H groups in total. The zero-order valence-corrected chi connectivity index (χ0v) is 9.85. The highest BCUT2D eigenvalue weighted by atomic mass is 16.1. The van der Waals surface area contributed by atoms with Crippen LogP contribution in [-0.4, -0.2) is 22.6 Å². The van der Waals surface area contributed by atoms with Crippen LogP contribution >= 0.6 is 0 Å². The Kier molecular flexibility index (Phi) is 2.43. The molecule has 2 aliphatic carbocycles. The van der Waals surface area contributed by atoms with Crippen molar-refractivity contribution in [1.29, 1.82) is 0 Å². The van der Waals surface area contributed by atoms with Crippen molar-refractivity contribution in [2.24, 2.45) is 11.1 Å². The first-order valence-corrected chi connectivity index (χ1v) is 6.25. The molecule has 2 aliphatic rings. The van der Waals surface area contributed by atoms with Crippen LogP contribution in [0.4, 0.5) is 5.82 Å². The van der Waals surface area contributed by atoms with E-state index in [4.69, 9.17) is 5.73 Å². The molecule has 5 heteroatoms. The van der Waals surface area contributed by atoms with Gasteiger partial charge < -0.3 is 15.6 Å². The Bertz CT molecular complexity index is 474. The van der Waals surface area contributed by atoms with Crippen LogP contribution < -0.4 is 16.6 Å². The first-order chi connectivity index (χ1) is 8.24. The van der Waals surface area contributed by atoms with Crippen LogP contribution in [0.3, 0.4) is 0 Å². The molecule has 0 spiro atoms. The second kappa shape index (κ2) is 3.84. The highest BCUT2D eigenvalue weighted by molar-refractivity contribution is 5.32. The van der Waals surface area contributed by atoms with Crippen LogP contribution in [0, 0.1) is 5.41 Å². The predicted octanol–water partition coefficient (Wildman–Crippen LogP) is 0.729. The minimum Gasteiger partial charge on any atom is -0.365 e. The summed E-state index contributed by atoms with van der Waals surface area (Å²) in [5, 5.41) is 3.17. The van der Waals surface area contributed by atoms with Crippen molar-refractivity contribution in [1.82, 2.24) is 9.55 Å². The largest absolute Gasteiger partial charge is 0.365 e. The molecule has 17 heavy (non-hydrogen) atoms. The third-order valence-corrected chi connectivity index (χ3v) is 3.83. The molecule has 0 unspecified atom stereocenters. The fraction of sp³-hybridized carbons (Fsp3) is 0.667. The molecule has 0 aliphatic heterocycles. The average Bonchev–Trinajstić information content (AvgIpc) is 3.23. The average molecular weight is 234 g/mol. The van der Waals surface area contributed by atoms with Gasteiger partial charge in [0.25, 0.3) is 5.56 Å². The molecule has 3 rings (SSSR count). The van der Waals surface area contributed by atoms with Gasteiger partial charge in [-0.15, -0.1) is 0 Å². The fourth-order valence-corrected chi connectivity index (χ4v) is 2.09. The Balaban J connectivity index is 1.74. The first kappa shape index (κ1) is 10.8. The maximum atomic E-state index is 12.1. The number of nitrogens with two attached hydrogens (primary N) is 1. The number of nitrogens with one attached hydrogen (secondary N) is 1. The highest BCUT2D eigenvalue weighted by Crippen LogP contribution is 2.44. The fourth-order valence-electron chi connectivity index (χ4n) is 2.09. The zero-order chi connectivity index (χ0) is 11.9. The van der Waals surface area contributed by atoms with Gasteiger partial charge in [0.1, 0.15) is 0 Å². The third kappa shape index (κ3) is 2.07. The Hall–Kier alpha value is -1.36. The van der Waals surface area contributed by atoms with Gasteiger partial charge in [0.15, 0.2) is 5.82 Å². The molecule has 1 heterocycles. The summed E-state index contributed by atoms with van der Waals surface area (Å²) in [6, 6.07) is 0.399. The molecule has 5 nitrogen and oxygen atoms in total. The molecule has 0 amide bonds. The summed E-state index contributed by atoms with van der Waals surface area (Å²) in [4.78, 5) is 16.2. The Morgan fingerprint density at radius 1 is 1.53 bits per heavy atom. The predicted molar refractivity (Wildman–Crippen MR) is 66.0 cm³/mol. The van der Waals surface area contributed by atoms with E-state index in [-0.39, 0.29) is 11.0 Å². The summed E-state index contributed by atoms with van der Waals surface area (Å²) in [6.07, 6.45) is 8.00. The lowest BCUT2D eigenvalue weighted by molar-refractivity contribution is 0.553. The number of hydrogen-bond donors (Lipinski definition) is 2. The van der Waals surface area contributed by atoms with Gasteiger partial charge in [-0.05, 0) is 37.6 Å². The van der Waals surface area contributed by atoms with Crippen molar-refractivity contribution in [3.05, 3.63) is 22.7 Å². The van der Waals surface area contributed by atoms with E-state index in [1.807, 2.05) is 0 Å². The maximum absolute atomic E-state index is 12.1. The molecule has 92 valence electrons. The lowest BCUT2D eigenvalue weighted by Crippen LogP contribution is -2.29. The second-order valence-corrected chi connectivity index (χ2v) is 5.28. The molecule has 0 radical (unpaired) electrons. The van der Waals surface area contributed by atoms with Crippen molar-refractivity contribution >= 4 is 5.82 Å². The van der Waals surface area contributed by atoms with E-state index < -0.39 is 0 Å². The minimum atomic E-state index is 0.00261. The van der Waals surface area contributed by atoms with Crippen molar-refractivity contribution in [3.8, 4) is 0 Å². The van der Waals surface area contributed by atoms with Crippen LogP contribution in [-0.2, 0) is 0 Å². The van der Waals surface area contributed by atoms with Crippen molar-refractivity contribution in [2.75, 3.05) is 18.4 Å². The lowest BCUT2D eigenvalue weighted by Gasteiger charge is -2.14.